The summed E-state index contributed by atoms with van der Waals surface area (Å²) in [5.74, 6) is -0.200. The predicted molar refractivity (Wildman–Crippen MR) is 71.4 cm³/mol. The highest BCUT2D eigenvalue weighted by molar-refractivity contribution is 7.16. The van der Waals surface area contributed by atoms with Crippen LogP contribution in [0.25, 0.3) is 0 Å². The van der Waals surface area contributed by atoms with Crippen molar-refractivity contribution in [2.24, 2.45) is 0 Å². The Kier molecular flexibility index (Phi) is 3.82. The van der Waals surface area contributed by atoms with E-state index in [1.54, 1.807) is 12.1 Å². The van der Waals surface area contributed by atoms with Gasteiger partial charge in [-0.1, -0.05) is 29.8 Å². The second kappa shape index (κ2) is 5.17. The second-order valence-electron chi connectivity index (χ2n) is 3.85. The van der Waals surface area contributed by atoms with Crippen LogP contribution >= 0.6 is 22.9 Å². The van der Waals surface area contributed by atoms with E-state index in [9.17, 15) is 4.39 Å². The number of benzene rings is 1. The summed E-state index contributed by atoms with van der Waals surface area (Å²) in [6, 6.07) is 8.65. The lowest BCUT2D eigenvalue weighted by Gasteiger charge is -2.15. The van der Waals surface area contributed by atoms with Gasteiger partial charge in [0.05, 0.1) is 10.4 Å². The molecular weight excluding hydrogens is 257 g/mol. The molecule has 0 aliphatic rings. The Bertz CT molecular complexity index is 504. The molecule has 0 aliphatic carbocycles. The molecule has 0 spiro atoms. The van der Waals surface area contributed by atoms with Crippen molar-refractivity contribution in [3.63, 3.8) is 0 Å². The molecule has 2 rings (SSSR count). The van der Waals surface area contributed by atoms with Gasteiger partial charge in [0, 0.05) is 10.4 Å². The fraction of sp³-hybridized carbons (Fsp3) is 0.231. The van der Waals surface area contributed by atoms with E-state index in [0.717, 1.165) is 14.8 Å². The molecule has 0 bridgehead atoms. The molecule has 0 radical (unpaired) electrons. The largest absolute Gasteiger partial charge is 0.309 e. The first kappa shape index (κ1) is 12.6. The monoisotopic (exact) mass is 269 g/mol. The molecule has 0 amide bonds. The van der Waals surface area contributed by atoms with Crippen molar-refractivity contribution in [1.29, 1.82) is 0 Å². The zero-order chi connectivity index (χ0) is 12.4. The lowest BCUT2D eigenvalue weighted by Crippen LogP contribution is -2.17. The summed E-state index contributed by atoms with van der Waals surface area (Å²) >= 11 is 7.54. The zero-order valence-electron chi connectivity index (χ0n) is 9.63. The Morgan fingerprint density at radius 1 is 1.35 bits per heavy atom. The van der Waals surface area contributed by atoms with Gasteiger partial charge in [0.15, 0.2) is 0 Å². The van der Waals surface area contributed by atoms with Crippen LogP contribution in [0.3, 0.4) is 0 Å². The van der Waals surface area contributed by atoms with E-state index in [-0.39, 0.29) is 11.9 Å². The number of hydrogen-bond donors (Lipinski definition) is 1. The van der Waals surface area contributed by atoms with Crippen molar-refractivity contribution in [2.45, 2.75) is 13.0 Å². The molecule has 2 aromatic rings. The Morgan fingerprint density at radius 3 is 2.59 bits per heavy atom. The van der Waals surface area contributed by atoms with Crippen molar-refractivity contribution in [2.75, 3.05) is 7.05 Å². The first-order chi connectivity index (χ1) is 8.13. The minimum atomic E-state index is -0.200. The molecular formula is C13H13ClFNS. The van der Waals surface area contributed by atoms with Crippen molar-refractivity contribution < 1.29 is 4.39 Å². The minimum absolute atomic E-state index is 0.146. The fourth-order valence-corrected chi connectivity index (χ4v) is 3.13. The van der Waals surface area contributed by atoms with Gasteiger partial charge in [-0.15, -0.1) is 11.3 Å². The number of halogens is 2. The van der Waals surface area contributed by atoms with Crippen molar-refractivity contribution in [1.82, 2.24) is 5.32 Å². The maximum Gasteiger partial charge on any atom is 0.128 e. The normalized spacial score (nSPS) is 12.7. The summed E-state index contributed by atoms with van der Waals surface area (Å²) in [5.41, 5.74) is 1.68. The van der Waals surface area contributed by atoms with Gasteiger partial charge in [0.1, 0.15) is 5.82 Å². The topological polar surface area (TPSA) is 12.0 Å². The number of rotatable bonds is 3. The van der Waals surface area contributed by atoms with E-state index in [0.29, 0.717) is 5.56 Å². The van der Waals surface area contributed by atoms with Gasteiger partial charge in [0.25, 0.3) is 0 Å². The Morgan fingerprint density at radius 2 is 2.06 bits per heavy atom. The van der Waals surface area contributed by atoms with Gasteiger partial charge in [-0.2, -0.15) is 0 Å². The number of aryl methyl sites for hydroxylation is 1. The van der Waals surface area contributed by atoms with Crippen LogP contribution in [0.4, 0.5) is 4.39 Å². The highest BCUT2D eigenvalue weighted by Crippen LogP contribution is 2.34. The number of nitrogens with one attached hydrogen (secondary N) is 1. The van der Waals surface area contributed by atoms with Gasteiger partial charge in [0.2, 0.25) is 0 Å². The molecule has 0 saturated heterocycles. The maximum atomic E-state index is 13.8. The van der Waals surface area contributed by atoms with Crippen LogP contribution in [0.15, 0.2) is 30.3 Å². The van der Waals surface area contributed by atoms with Crippen molar-refractivity contribution in [3.8, 4) is 0 Å². The molecule has 0 saturated carbocycles. The van der Waals surface area contributed by atoms with Crippen LogP contribution < -0.4 is 5.32 Å². The van der Waals surface area contributed by atoms with E-state index < -0.39 is 0 Å². The molecule has 0 fully saturated rings. The van der Waals surface area contributed by atoms with E-state index in [4.69, 9.17) is 11.6 Å². The predicted octanol–water partition coefficient (Wildman–Crippen LogP) is 4.16. The molecule has 1 aromatic carbocycles. The molecule has 17 heavy (non-hydrogen) atoms. The van der Waals surface area contributed by atoms with Crippen LogP contribution in [0, 0.1) is 12.7 Å². The fourth-order valence-electron chi connectivity index (χ4n) is 1.79. The van der Waals surface area contributed by atoms with Gasteiger partial charge >= 0.3 is 0 Å². The lowest BCUT2D eigenvalue weighted by atomic mass is 10.0. The number of hydrogen-bond acceptors (Lipinski definition) is 2. The summed E-state index contributed by atoms with van der Waals surface area (Å²) in [4.78, 5) is 1.03. The summed E-state index contributed by atoms with van der Waals surface area (Å²) in [6.45, 7) is 1.95. The molecule has 90 valence electrons. The lowest BCUT2D eigenvalue weighted by molar-refractivity contribution is 0.579. The van der Waals surface area contributed by atoms with Crippen LogP contribution in [0.5, 0.6) is 0 Å². The summed E-state index contributed by atoms with van der Waals surface area (Å²) < 4.78 is 14.5. The summed E-state index contributed by atoms with van der Waals surface area (Å²) in [7, 11) is 1.82. The van der Waals surface area contributed by atoms with Crippen LogP contribution in [-0.2, 0) is 0 Å². The van der Waals surface area contributed by atoms with E-state index >= 15 is 0 Å². The van der Waals surface area contributed by atoms with Crippen LogP contribution in [-0.4, -0.2) is 7.05 Å². The summed E-state index contributed by atoms with van der Waals surface area (Å²) in [6.07, 6.45) is 0. The van der Waals surface area contributed by atoms with E-state index in [2.05, 4.69) is 5.32 Å². The average Bonchev–Trinajstić information content (AvgIpc) is 2.63. The summed E-state index contributed by atoms with van der Waals surface area (Å²) in [5, 5.41) is 3.13. The molecule has 1 nitrogen and oxygen atoms in total. The highest BCUT2D eigenvalue weighted by Gasteiger charge is 2.18. The first-order valence-electron chi connectivity index (χ1n) is 5.31. The Balaban J connectivity index is 2.44. The second-order valence-corrected chi connectivity index (χ2v) is 5.53. The van der Waals surface area contributed by atoms with Gasteiger partial charge in [-0.05, 0) is 31.7 Å². The molecule has 1 unspecified atom stereocenters. The van der Waals surface area contributed by atoms with E-state index in [1.165, 1.54) is 17.4 Å². The minimum Gasteiger partial charge on any atom is -0.309 e. The van der Waals surface area contributed by atoms with Crippen LogP contribution in [0.1, 0.15) is 22.0 Å². The molecule has 1 aromatic heterocycles. The third-order valence-corrected chi connectivity index (χ3v) is 4.29. The third-order valence-electron chi connectivity index (χ3n) is 2.67. The van der Waals surface area contributed by atoms with Crippen molar-refractivity contribution >= 4 is 22.9 Å². The Hall–Kier alpha value is -0.900. The zero-order valence-corrected chi connectivity index (χ0v) is 11.2. The van der Waals surface area contributed by atoms with Crippen molar-refractivity contribution in [3.05, 3.63) is 56.5 Å². The first-order valence-corrected chi connectivity index (χ1v) is 6.50. The molecule has 1 N–H and O–H groups in total. The van der Waals surface area contributed by atoms with Gasteiger partial charge in [-0.3, -0.25) is 0 Å². The standard InChI is InChI=1S/C13H13ClFNS/c1-8-7-11(17-13(8)14)12(16-2)9-5-3-4-6-10(9)15/h3-7,12,16H,1-2H3. The molecule has 1 atom stereocenters. The number of thiophene rings is 1. The molecule has 0 aliphatic heterocycles. The van der Waals surface area contributed by atoms with Gasteiger partial charge in [-0.25, -0.2) is 4.39 Å². The maximum absolute atomic E-state index is 13.8. The molecule has 1 heterocycles. The average molecular weight is 270 g/mol. The Labute approximate surface area is 109 Å². The van der Waals surface area contributed by atoms with E-state index in [1.807, 2.05) is 26.1 Å². The van der Waals surface area contributed by atoms with Crippen LogP contribution in [0.2, 0.25) is 4.34 Å². The van der Waals surface area contributed by atoms with Gasteiger partial charge < -0.3 is 5.32 Å². The quantitative estimate of drug-likeness (QED) is 0.882. The highest BCUT2D eigenvalue weighted by atomic mass is 35.5. The smallest absolute Gasteiger partial charge is 0.128 e. The SMILES string of the molecule is CNC(c1cc(C)c(Cl)s1)c1ccccc1F. The molecule has 4 heteroatoms. The third kappa shape index (κ3) is 2.51.